The van der Waals surface area contributed by atoms with Crippen molar-refractivity contribution in [2.45, 2.75) is 12.5 Å². The predicted octanol–water partition coefficient (Wildman–Crippen LogP) is 2.16. The number of hydrogen-bond donors (Lipinski definition) is 0. The molecular weight excluding hydrogens is 283 g/mol. The van der Waals surface area contributed by atoms with Gasteiger partial charge in [-0.05, 0) is 24.6 Å². The number of carbonyl (C=O) groups is 1. The number of nitrogens with zero attached hydrogens (tertiary/aromatic N) is 4. The highest BCUT2D eigenvalue weighted by molar-refractivity contribution is 6.33. The topological polar surface area (TPSA) is 51.0 Å². The molecule has 0 aliphatic carbocycles. The van der Waals surface area contributed by atoms with Gasteiger partial charge in [-0.25, -0.2) is 9.07 Å². The van der Waals surface area contributed by atoms with Crippen molar-refractivity contribution < 1.29 is 9.18 Å². The van der Waals surface area contributed by atoms with E-state index in [0.717, 1.165) is 12.5 Å². The number of carbonyl (C=O) groups excluding carboxylic acids is 1. The Balaban J connectivity index is 1.76. The minimum absolute atomic E-state index is 0.126. The van der Waals surface area contributed by atoms with E-state index in [-0.39, 0.29) is 17.0 Å². The summed E-state index contributed by atoms with van der Waals surface area (Å²) in [4.78, 5) is 14.1. The number of likely N-dealkylation sites (tertiary alicyclic amines) is 1. The quantitative estimate of drug-likeness (QED) is 0.853. The minimum atomic E-state index is -0.450. The van der Waals surface area contributed by atoms with Crippen LogP contribution < -0.4 is 0 Å². The number of amides is 1. The lowest BCUT2D eigenvalue weighted by molar-refractivity contribution is 0.0787. The molecular formula is C13H12ClFN4O. The molecule has 20 heavy (non-hydrogen) atoms. The summed E-state index contributed by atoms with van der Waals surface area (Å²) in [5.41, 5.74) is 0.326. The molecule has 0 unspecified atom stereocenters. The summed E-state index contributed by atoms with van der Waals surface area (Å²) in [5, 5.41) is 7.85. The third-order valence-electron chi connectivity index (χ3n) is 3.43. The van der Waals surface area contributed by atoms with E-state index >= 15 is 0 Å². The summed E-state index contributed by atoms with van der Waals surface area (Å²) >= 11 is 5.92. The van der Waals surface area contributed by atoms with Crippen LogP contribution in [0.2, 0.25) is 5.02 Å². The van der Waals surface area contributed by atoms with Gasteiger partial charge in [-0.1, -0.05) is 16.8 Å². The fourth-order valence-electron chi connectivity index (χ4n) is 2.39. The van der Waals surface area contributed by atoms with Gasteiger partial charge in [-0.2, -0.15) is 0 Å². The molecule has 1 fully saturated rings. The van der Waals surface area contributed by atoms with Crippen molar-refractivity contribution >= 4 is 17.5 Å². The Labute approximate surface area is 119 Å². The third-order valence-corrected chi connectivity index (χ3v) is 3.74. The van der Waals surface area contributed by atoms with Crippen LogP contribution in [0.1, 0.15) is 22.8 Å². The molecule has 1 atom stereocenters. The Morgan fingerprint density at radius 2 is 2.30 bits per heavy atom. The van der Waals surface area contributed by atoms with Crippen LogP contribution in [0.5, 0.6) is 0 Å². The van der Waals surface area contributed by atoms with E-state index in [9.17, 15) is 9.18 Å². The van der Waals surface area contributed by atoms with Gasteiger partial charge in [0.1, 0.15) is 5.82 Å². The number of halogens is 2. The van der Waals surface area contributed by atoms with Gasteiger partial charge in [0, 0.05) is 19.3 Å². The van der Waals surface area contributed by atoms with Crippen LogP contribution in [0, 0.1) is 5.82 Å². The van der Waals surface area contributed by atoms with Crippen LogP contribution in [-0.2, 0) is 0 Å². The highest BCUT2D eigenvalue weighted by Crippen LogP contribution is 2.25. The summed E-state index contributed by atoms with van der Waals surface area (Å²) in [7, 11) is 0. The third kappa shape index (κ3) is 2.38. The van der Waals surface area contributed by atoms with Crippen LogP contribution in [0.25, 0.3) is 0 Å². The average molecular weight is 295 g/mol. The van der Waals surface area contributed by atoms with E-state index in [1.165, 1.54) is 12.1 Å². The molecule has 0 N–H and O–H groups in total. The Kier molecular flexibility index (Phi) is 3.40. The number of aromatic nitrogens is 3. The van der Waals surface area contributed by atoms with E-state index < -0.39 is 5.82 Å². The summed E-state index contributed by atoms with van der Waals surface area (Å²) in [6, 6.07) is 3.94. The lowest BCUT2D eigenvalue weighted by atomic mass is 10.2. The monoisotopic (exact) mass is 294 g/mol. The maximum absolute atomic E-state index is 13.0. The summed E-state index contributed by atoms with van der Waals surface area (Å²) in [6.45, 7) is 1.17. The van der Waals surface area contributed by atoms with Crippen molar-refractivity contribution in [3.05, 3.63) is 47.0 Å². The molecule has 1 aliphatic heterocycles. The lowest BCUT2D eigenvalue weighted by Crippen LogP contribution is -2.29. The molecule has 2 heterocycles. The van der Waals surface area contributed by atoms with Crippen molar-refractivity contribution in [1.29, 1.82) is 0 Å². The number of hydrogen-bond acceptors (Lipinski definition) is 3. The minimum Gasteiger partial charge on any atom is -0.336 e. The lowest BCUT2D eigenvalue weighted by Gasteiger charge is -2.17. The molecule has 1 saturated heterocycles. The summed E-state index contributed by atoms with van der Waals surface area (Å²) in [6.07, 6.45) is 4.21. The highest BCUT2D eigenvalue weighted by Gasteiger charge is 2.29. The molecule has 1 aromatic heterocycles. The Bertz CT molecular complexity index is 631. The Hall–Kier alpha value is -1.95. The molecule has 0 saturated carbocycles. The first-order chi connectivity index (χ1) is 9.65. The molecule has 7 heteroatoms. The van der Waals surface area contributed by atoms with Crippen LogP contribution in [-0.4, -0.2) is 38.9 Å². The van der Waals surface area contributed by atoms with Gasteiger partial charge < -0.3 is 4.90 Å². The van der Waals surface area contributed by atoms with E-state index in [1.807, 2.05) is 0 Å². The van der Waals surface area contributed by atoms with Crippen LogP contribution >= 0.6 is 11.6 Å². The van der Waals surface area contributed by atoms with Gasteiger partial charge in [0.15, 0.2) is 0 Å². The van der Waals surface area contributed by atoms with Gasteiger partial charge in [0.05, 0.1) is 22.8 Å². The molecule has 0 bridgehead atoms. The SMILES string of the molecule is O=C(c1ccc(F)cc1Cl)N1CC[C@H](n2ccnn2)C1. The van der Waals surface area contributed by atoms with Crippen molar-refractivity contribution in [1.82, 2.24) is 19.9 Å². The van der Waals surface area contributed by atoms with Gasteiger partial charge >= 0.3 is 0 Å². The largest absolute Gasteiger partial charge is 0.336 e. The second-order valence-corrected chi connectivity index (χ2v) is 5.11. The van der Waals surface area contributed by atoms with Crippen molar-refractivity contribution in [2.75, 3.05) is 13.1 Å². The van der Waals surface area contributed by atoms with E-state index in [2.05, 4.69) is 10.3 Å². The Morgan fingerprint density at radius 3 is 3.00 bits per heavy atom. The van der Waals surface area contributed by atoms with E-state index in [1.54, 1.807) is 22.0 Å². The zero-order chi connectivity index (χ0) is 14.1. The van der Waals surface area contributed by atoms with Gasteiger partial charge in [0.2, 0.25) is 0 Å². The molecule has 1 amide bonds. The normalized spacial score (nSPS) is 18.5. The van der Waals surface area contributed by atoms with Crippen LogP contribution in [0.4, 0.5) is 4.39 Å². The maximum Gasteiger partial charge on any atom is 0.255 e. The van der Waals surface area contributed by atoms with Crippen LogP contribution in [0.15, 0.2) is 30.6 Å². The van der Waals surface area contributed by atoms with Crippen molar-refractivity contribution in [2.24, 2.45) is 0 Å². The van der Waals surface area contributed by atoms with Crippen LogP contribution in [0.3, 0.4) is 0 Å². The molecule has 3 rings (SSSR count). The summed E-state index contributed by atoms with van der Waals surface area (Å²) < 4.78 is 14.8. The van der Waals surface area contributed by atoms with Crippen molar-refractivity contribution in [3.8, 4) is 0 Å². The maximum atomic E-state index is 13.0. The molecule has 104 valence electrons. The molecule has 1 aromatic carbocycles. The average Bonchev–Trinajstić information content (AvgIpc) is 3.09. The number of rotatable bonds is 2. The fourth-order valence-corrected chi connectivity index (χ4v) is 2.64. The first-order valence-electron chi connectivity index (χ1n) is 6.25. The number of benzene rings is 1. The van der Waals surface area contributed by atoms with Gasteiger partial charge in [0.25, 0.3) is 5.91 Å². The summed E-state index contributed by atoms with van der Waals surface area (Å²) in [5.74, 6) is -0.633. The zero-order valence-electron chi connectivity index (χ0n) is 10.5. The molecule has 2 aromatic rings. The molecule has 1 aliphatic rings. The van der Waals surface area contributed by atoms with Gasteiger partial charge in [-0.15, -0.1) is 5.10 Å². The Morgan fingerprint density at radius 1 is 1.45 bits per heavy atom. The predicted molar refractivity (Wildman–Crippen MR) is 71.0 cm³/mol. The van der Waals surface area contributed by atoms with Gasteiger partial charge in [-0.3, -0.25) is 4.79 Å². The standard InChI is InChI=1S/C13H12ClFN4O/c14-12-7-9(15)1-2-11(12)13(20)18-5-3-10(8-18)19-6-4-16-17-19/h1-2,4,6-7,10H,3,5,8H2/t10-/m0/s1. The van der Waals surface area contributed by atoms with E-state index in [0.29, 0.717) is 18.7 Å². The molecule has 0 radical (unpaired) electrons. The molecule has 0 spiro atoms. The first-order valence-corrected chi connectivity index (χ1v) is 6.63. The first kappa shape index (κ1) is 13.1. The van der Waals surface area contributed by atoms with E-state index in [4.69, 9.17) is 11.6 Å². The highest BCUT2D eigenvalue weighted by atomic mass is 35.5. The molecule has 5 nitrogen and oxygen atoms in total. The van der Waals surface area contributed by atoms with Crippen molar-refractivity contribution in [3.63, 3.8) is 0 Å². The fraction of sp³-hybridized carbons (Fsp3) is 0.308. The zero-order valence-corrected chi connectivity index (χ0v) is 11.3. The second-order valence-electron chi connectivity index (χ2n) is 4.70. The second kappa shape index (κ2) is 5.20. The smallest absolute Gasteiger partial charge is 0.255 e.